The van der Waals surface area contributed by atoms with E-state index in [1.54, 1.807) is 24.3 Å². The van der Waals surface area contributed by atoms with Crippen LogP contribution in [0, 0.1) is 5.82 Å². The maximum Gasteiger partial charge on any atom is 0.132 e. The molecule has 76 valence electrons. The first-order valence-electron chi connectivity index (χ1n) is 4.41. The van der Waals surface area contributed by atoms with Crippen LogP contribution in [0.4, 0.5) is 4.39 Å². The number of hydrogen-bond donors (Lipinski definition) is 1. The van der Waals surface area contributed by atoms with E-state index in [0.717, 1.165) is 5.56 Å². The highest BCUT2D eigenvalue weighted by molar-refractivity contribution is 9.10. The Balaban J connectivity index is 2.49. The van der Waals surface area contributed by atoms with Crippen LogP contribution in [0.25, 0.3) is 11.1 Å². The van der Waals surface area contributed by atoms with Crippen LogP contribution in [0.2, 0.25) is 0 Å². The second-order valence-corrected chi connectivity index (χ2v) is 4.09. The summed E-state index contributed by atoms with van der Waals surface area (Å²) in [5.74, 6) is -0.105. The predicted octanol–water partition coefficient (Wildman–Crippen LogP) is 3.96. The lowest BCUT2D eigenvalue weighted by molar-refractivity contribution is 0.475. The molecule has 2 aromatic carbocycles. The highest BCUT2D eigenvalue weighted by atomic mass is 79.9. The molecule has 0 unspecified atom stereocenters. The van der Waals surface area contributed by atoms with Gasteiger partial charge in [0.1, 0.15) is 11.6 Å². The SMILES string of the molecule is Oc1ccc(-c2ccc(Br)cc2F)cc1. The lowest BCUT2D eigenvalue weighted by Crippen LogP contribution is -1.83. The van der Waals surface area contributed by atoms with Gasteiger partial charge in [0.05, 0.1) is 0 Å². The molecule has 0 atom stereocenters. The van der Waals surface area contributed by atoms with Gasteiger partial charge in [0.2, 0.25) is 0 Å². The van der Waals surface area contributed by atoms with Crippen LogP contribution in [-0.4, -0.2) is 5.11 Å². The third kappa shape index (κ3) is 2.18. The topological polar surface area (TPSA) is 20.2 Å². The monoisotopic (exact) mass is 266 g/mol. The van der Waals surface area contributed by atoms with Gasteiger partial charge in [-0.15, -0.1) is 0 Å². The van der Waals surface area contributed by atoms with Crippen molar-refractivity contribution in [2.45, 2.75) is 0 Å². The molecule has 1 nitrogen and oxygen atoms in total. The number of halogens is 2. The van der Waals surface area contributed by atoms with Gasteiger partial charge in [-0.05, 0) is 29.8 Å². The number of phenols is 1. The van der Waals surface area contributed by atoms with Crippen LogP contribution >= 0.6 is 15.9 Å². The molecule has 0 aromatic heterocycles. The van der Waals surface area contributed by atoms with Gasteiger partial charge in [0, 0.05) is 10.0 Å². The van der Waals surface area contributed by atoms with Crippen LogP contribution in [0.15, 0.2) is 46.9 Å². The van der Waals surface area contributed by atoms with E-state index in [9.17, 15) is 4.39 Å². The van der Waals surface area contributed by atoms with Gasteiger partial charge in [-0.2, -0.15) is 0 Å². The van der Waals surface area contributed by atoms with Gasteiger partial charge in [0.25, 0.3) is 0 Å². The minimum absolute atomic E-state index is 0.177. The maximum atomic E-state index is 13.5. The molecular formula is C12H8BrFO. The van der Waals surface area contributed by atoms with Crippen LogP contribution in [0.5, 0.6) is 5.75 Å². The molecule has 0 saturated carbocycles. The highest BCUT2D eigenvalue weighted by Crippen LogP contribution is 2.26. The summed E-state index contributed by atoms with van der Waals surface area (Å²) in [6.45, 7) is 0. The average Bonchev–Trinajstić information content (AvgIpc) is 2.20. The summed E-state index contributed by atoms with van der Waals surface area (Å²) in [5.41, 5.74) is 1.27. The Kier molecular flexibility index (Phi) is 2.73. The van der Waals surface area contributed by atoms with E-state index in [0.29, 0.717) is 10.0 Å². The fraction of sp³-hybridized carbons (Fsp3) is 0. The second-order valence-electron chi connectivity index (χ2n) is 3.17. The van der Waals surface area contributed by atoms with Crippen molar-refractivity contribution in [3.8, 4) is 16.9 Å². The predicted molar refractivity (Wildman–Crippen MR) is 61.2 cm³/mol. The van der Waals surface area contributed by atoms with E-state index in [-0.39, 0.29) is 11.6 Å². The lowest BCUT2D eigenvalue weighted by atomic mass is 10.1. The zero-order valence-electron chi connectivity index (χ0n) is 7.74. The normalized spacial score (nSPS) is 10.3. The van der Waals surface area contributed by atoms with Crippen LogP contribution in [0.1, 0.15) is 0 Å². The zero-order valence-corrected chi connectivity index (χ0v) is 9.33. The van der Waals surface area contributed by atoms with E-state index in [1.165, 1.54) is 18.2 Å². The van der Waals surface area contributed by atoms with Gasteiger partial charge in [-0.25, -0.2) is 4.39 Å². The van der Waals surface area contributed by atoms with Crippen molar-refractivity contribution in [3.05, 3.63) is 52.8 Å². The second kappa shape index (κ2) is 4.03. The first kappa shape index (κ1) is 10.2. The first-order valence-corrected chi connectivity index (χ1v) is 5.20. The van der Waals surface area contributed by atoms with Gasteiger partial charge < -0.3 is 5.11 Å². The number of rotatable bonds is 1. The van der Waals surface area contributed by atoms with Crippen molar-refractivity contribution in [1.29, 1.82) is 0 Å². The van der Waals surface area contributed by atoms with E-state index in [2.05, 4.69) is 15.9 Å². The summed E-state index contributed by atoms with van der Waals surface area (Å²) in [6, 6.07) is 11.3. The Morgan fingerprint density at radius 3 is 2.27 bits per heavy atom. The molecule has 0 heterocycles. The molecule has 0 aliphatic rings. The summed E-state index contributed by atoms with van der Waals surface area (Å²) in [4.78, 5) is 0. The van der Waals surface area contributed by atoms with Crippen molar-refractivity contribution in [2.24, 2.45) is 0 Å². The molecule has 0 aliphatic carbocycles. The molecule has 0 fully saturated rings. The molecule has 0 spiro atoms. The van der Waals surface area contributed by atoms with E-state index < -0.39 is 0 Å². The maximum absolute atomic E-state index is 13.5. The molecule has 0 bridgehead atoms. The summed E-state index contributed by atoms with van der Waals surface area (Å²) in [7, 11) is 0. The molecule has 2 aromatic rings. The van der Waals surface area contributed by atoms with Gasteiger partial charge >= 0.3 is 0 Å². The Labute approximate surface area is 95.3 Å². The number of phenolic OH excluding ortho intramolecular Hbond substituents is 1. The molecule has 0 radical (unpaired) electrons. The van der Waals surface area contributed by atoms with Crippen LogP contribution in [-0.2, 0) is 0 Å². The molecule has 3 heteroatoms. The number of hydrogen-bond acceptors (Lipinski definition) is 1. The van der Waals surface area contributed by atoms with E-state index >= 15 is 0 Å². The average molecular weight is 267 g/mol. The minimum atomic E-state index is -0.282. The van der Waals surface area contributed by atoms with Crippen molar-refractivity contribution in [2.75, 3.05) is 0 Å². The Morgan fingerprint density at radius 2 is 1.67 bits per heavy atom. The van der Waals surface area contributed by atoms with E-state index in [1.807, 2.05) is 0 Å². The van der Waals surface area contributed by atoms with Gasteiger partial charge in [-0.1, -0.05) is 34.1 Å². The zero-order chi connectivity index (χ0) is 10.8. The summed E-state index contributed by atoms with van der Waals surface area (Å²) in [6.07, 6.45) is 0. The molecule has 0 aliphatic heterocycles. The quantitative estimate of drug-likeness (QED) is 0.829. The fourth-order valence-electron chi connectivity index (χ4n) is 1.36. The molecule has 0 saturated heterocycles. The van der Waals surface area contributed by atoms with Crippen LogP contribution in [0.3, 0.4) is 0 Å². The minimum Gasteiger partial charge on any atom is -0.508 e. The summed E-state index contributed by atoms with van der Waals surface area (Å²) < 4.78 is 14.3. The summed E-state index contributed by atoms with van der Waals surface area (Å²) in [5, 5.41) is 9.12. The van der Waals surface area contributed by atoms with Crippen molar-refractivity contribution < 1.29 is 9.50 Å². The lowest BCUT2D eigenvalue weighted by Gasteiger charge is -2.03. The van der Waals surface area contributed by atoms with Crippen molar-refractivity contribution >= 4 is 15.9 Å². The van der Waals surface area contributed by atoms with Gasteiger partial charge in [0.15, 0.2) is 0 Å². The molecule has 15 heavy (non-hydrogen) atoms. The smallest absolute Gasteiger partial charge is 0.132 e. The standard InChI is InChI=1S/C12H8BrFO/c13-9-3-6-11(12(14)7-9)8-1-4-10(15)5-2-8/h1-7,15H. The number of aromatic hydroxyl groups is 1. The largest absolute Gasteiger partial charge is 0.508 e. The van der Waals surface area contributed by atoms with Crippen LogP contribution < -0.4 is 0 Å². The Morgan fingerprint density at radius 1 is 1.00 bits per heavy atom. The fourth-order valence-corrected chi connectivity index (χ4v) is 1.70. The summed E-state index contributed by atoms with van der Waals surface area (Å²) >= 11 is 3.20. The van der Waals surface area contributed by atoms with E-state index in [4.69, 9.17) is 5.11 Å². The molecule has 2 rings (SSSR count). The first-order chi connectivity index (χ1) is 7.16. The Bertz CT molecular complexity index is 479. The Hall–Kier alpha value is -1.35. The third-order valence-corrected chi connectivity index (χ3v) is 2.60. The van der Waals surface area contributed by atoms with Crippen molar-refractivity contribution in [3.63, 3.8) is 0 Å². The third-order valence-electron chi connectivity index (χ3n) is 2.11. The van der Waals surface area contributed by atoms with Crippen molar-refractivity contribution in [1.82, 2.24) is 0 Å². The highest BCUT2D eigenvalue weighted by Gasteiger charge is 2.04. The molecule has 1 N–H and O–H groups in total. The molecular weight excluding hydrogens is 259 g/mol. The number of benzene rings is 2. The van der Waals surface area contributed by atoms with Gasteiger partial charge in [-0.3, -0.25) is 0 Å². The molecule has 0 amide bonds.